The summed E-state index contributed by atoms with van der Waals surface area (Å²) < 4.78 is 10.4. The molecular weight excluding hydrogens is 210 g/mol. The second kappa shape index (κ2) is 3.12. The maximum Gasteiger partial charge on any atom is 0.411 e. The summed E-state index contributed by atoms with van der Waals surface area (Å²) in [6, 6.07) is 0. The number of hydrogen-bond donors (Lipinski definition) is 0. The summed E-state index contributed by atoms with van der Waals surface area (Å²) in [5, 5.41) is 0. The van der Waals surface area contributed by atoms with Gasteiger partial charge in [0.15, 0.2) is 0 Å². The van der Waals surface area contributed by atoms with Crippen LogP contribution in [0.3, 0.4) is 0 Å². The molecular formula is C11H17NO4. The fourth-order valence-corrected chi connectivity index (χ4v) is 2.17. The largest absolute Gasteiger partial charge is 0.459 e. The molecule has 2 aliphatic rings. The van der Waals surface area contributed by atoms with Gasteiger partial charge in [-0.3, -0.25) is 4.90 Å². The standard InChI is InChI=1S/C11H17NO4/c1-10(2,3)16-9(14)12-6-7-5-11(12,4)8(13)15-7/h7H,5-6H2,1-4H3. The third-order valence-electron chi connectivity index (χ3n) is 2.93. The smallest absolute Gasteiger partial charge is 0.411 e. The molecule has 2 unspecified atom stereocenters. The molecule has 0 aromatic heterocycles. The van der Waals surface area contributed by atoms with Gasteiger partial charge in [-0.15, -0.1) is 0 Å². The Bertz CT molecular complexity index is 346. The van der Waals surface area contributed by atoms with Gasteiger partial charge in [0, 0.05) is 6.42 Å². The molecule has 1 amide bonds. The number of ether oxygens (including phenoxy) is 2. The van der Waals surface area contributed by atoms with Crippen molar-refractivity contribution < 1.29 is 19.1 Å². The Kier molecular flexibility index (Phi) is 2.19. The van der Waals surface area contributed by atoms with Crippen molar-refractivity contribution in [3.63, 3.8) is 0 Å². The molecule has 0 aromatic rings. The number of rotatable bonds is 0. The number of hydrogen-bond acceptors (Lipinski definition) is 4. The first-order valence-corrected chi connectivity index (χ1v) is 5.44. The molecule has 90 valence electrons. The first-order valence-electron chi connectivity index (χ1n) is 5.44. The molecule has 2 atom stereocenters. The molecule has 2 saturated heterocycles. The Hall–Kier alpha value is -1.26. The van der Waals surface area contributed by atoms with Crippen LogP contribution >= 0.6 is 0 Å². The van der Waals surface area contributed by atoms with Gasteiger partial charge < -0.3 is 9.47 Å². The summed E-state index contributed by atoms with van der Waals surface area (Å²) in [6.07, 6.45) is -0.0235. The summed E-state index contributed by atoms with van der Waals surface area (Å²) in [7, 11) is 0. The van der Waals surface area contributed by atoms with E-state index in [1.165, 1.54) is 4.90 Å². The van der Waals surface area contributed by atoms with E-state index in [0.29, 0.717) is 13.0 Å². The van der Waals surface area contributed by atoms with Crippen molar-refractivity contribution in [2.45, 2.75) is 51.4 Å². The number of carbonyl (C=O) groups is 2. The number of carbonyl (C=O) groups excluding carboxylic acids is 2. The summed E-state index contributed by atoms with van der Waals surface area (Å²) in [4.78, 5) is 24.9. The highest BCUT2D eigenvalue weighted by Crippen LogP contribution is 2.39. The van der Waals surface area contributed by atoms with E-state index in [2.05, 4.69) is 0 Å². The SMILES string of the molecule is CC(C)(C)OC(=O)N1CC2CC1(C)C(=O)O2. The average Bonchev–Trinajstić information content (AvgIpc) is 2.53. The third kappa shape index (κ3) is 1.64. The van der Waals surface area contributed by atoms with Gasteiger partial charge in [-0.1, -0.05) is 0 Å². The molecule has 2 heterocycles. The van der Waals surface area contributed by atoms with Gasteiger partial charge in [0.1, 0.15) is 17.2 Å². The number of morpholine rings is 1. The van der Waals surface area contributed by atoms with E-state index in [-0.39, 0.29) is 12.1 Å². The van der Waals surface area contributed by atoms with E-state index in [4.69, 9.17) is 9.47 Å². The van der Waals surface area contributed by atoms with Gasteiger partial charge in [-0.05, 0) is 27.7 Å². The van der Waals surface area contributed by atoms with Crippen molar-refractivity contribution in [3.8, 4) is 0 Å². The maximum atomic E-state index is 11.9. The van der Waals surface area contributed by atoms with Crippen LogP contribution in [0.2, 0.25) is 0 Å². The average molecular weight is 227 g/mol. The first kappa shape index (κ1) is 11.2. The summed E-state index contributed by atoms with van der Waals surface area (Å²) >= 11 is 0. The van der Waals surface area contributed by atoms with Gasteiger partial charge in [-0.2, -0.15) is 0 Å². The van der Waals surface area contributed by atoms with Crippen molar-refractivity contribution >= 4 is 12.1 Å². The predicted molar refractivity (Wildman–Crippen MR) is 55.8 cm³/mol. The first-order chi connectivity index (χ1) is 7.22. The quantitative estimate of drug-likeness (QED) is 0.585. The highest BCUT2D eigenvalue weighted by atomic mass is 16.6. The molecule has 2 fully saturated rings. The fourth-order valence-electron chi connectivity index (χ4n) is 2.17. The summed E-state index contributed by atoms with van der Waals surface area (Å²) in [5.74, 6) is -0.324. The molecule has 0 aliphatic carbocycles. The monoisotopic (exact) mass is 227 g/mol. The van der Waals surface area contributed by atoms with Crippen LogP contribution in [0.15, 0.2) is 0 Å². The lowest BCUT2D eigenvalue weighted by Crippen LogP contribution is -2.53. The van der Waals surface area contributed by atoms with Gasteiger partial charge in [0.25, 0.3) is 0 Å². The Balaban J connectivity index is 2.12. The topological polar surface area (TPSA) is 55.8 Å². The number of amides is 1. The van der Waals surface area contributed by atoms with Crippen molar-refractivity contribution in [1.82, 2.24) is 4.90 Å². The number of fused-ring (bicyclic) bond motifs is 2. The van der Waals surface area contributed by atoms with E-state index in [0.717, 1.165) is 0 Å². The van der Waals surface area contributed by atoms with Crippen LogP contribution in [-0.2, 0) is 14.3 Å². The highest BCUT2D eigenvalue weighted by Gasteiger charge is 2.59. The van der Waals surface area contributed by atoms with Crippen LogP contribution in [0.5, 0.6) is 0 Å². The zero-order valence-corrected chi connectivity index (χ0v) is 10.1. The Morgan fingerprint density at radius 2 is 2.19 bits per heavy atom. The van der Waals surface area contributed by atoms with Crippen molar-refractivity contribution in [3.05, 3.63) is 0 Å². The predicted octanol–water partition coefficient (Wildman–Crippen LogP) is 1.31. The van der Waals surface area contributed by atoms with Crippen LogP contribution in [0.25, 0.3) is 0 Å². The Labute approximate surface area is 94.7 Å². The summed E-state index contributed by atoms with van der Waals surface area (Å²) in [5.41, 5.74) is -1.37. The minimum Gasteiger partial charge on any atom is -0.459 e. The lowest BCUT2D eigenvalue weighted by Gasteiger charge is -2.34. The van der Waals surface area contributed by atoms with Gasteiger partial charge in [0.2, 0.25) is 0 Å². The minimum atomic E-state index is -0.826. The Morgan fingerprint density at radius 3 is 2.62 bits per heavy atom. The second-order valence-corrected chi connectivity index (χ2v) is 5.60. The molecule has 2 rings (SSSR count). The molecule has 5 nitrogen and oxygen atoms in total. The molecule has 0 aromatic carbocycles. The zero-order chi connectivity index (χ0) is 12.1. The normalized spacial score (nSPS) is 32.9. The van der Waals surface area contributed by atoms with Crippen molar-refractivity contribution in [2.24, 2.45) is 0 Å². The fraction of sp³-hybridized carbons (Fsp3) is 0.818. The van der Waals surface area contributed by atoms with E-state index in [1.807, 2.05) is 0 Å². The second-order valence-electron chi connectivity index (χ2n) is 5.60. The molecule has 5 heteroatoms. The van der Waals surface area contributed by atoms with Gasteiger partial charge >= 0.3 is 12.1 Å². The van der Waals surface area contributed by atoms with Crippen molar-refractivity contribution in [1.29, 1.82) is 0 Å². The van der Waals surface area contributed by atoms with Gasteiger partial charge in [0.05, 0.1) is 6.54 Å². The number of esters is 1. The molecule has 0 radical (unpaired) electrons. The maximum absolute atomic E-state index is 11.9. The molecule has 0 spiro atoms. The van der Waals surface area contributed by atoms with Crippen LogP contribution in [0.1, 0.15) is 34.1 Å². The van der Waals surface area contributed by atoms with E-state index in [1.54, 1.807) is 27.7 Å². The highest BCUT2D eigenvalue weighted by molar-refractivity contribution is 5.89. The van der Waals surface area contributed by atoms with Crippen LogP contribution in [0, 0.1) is 0 Å². The van der Waals surface area contributed by atoms with Crippen LogP contribution in [-0.4, -0.2) is 40.8 Å². The minimum absolute atomic E-state index is 0.162. The lowest BCUT2D eigenvalue weighted by molar-refractivity contribution is -0.156. The number of nitrogens with zero attached hydrogens (tertiary/aromatic N) is 1. The summed E-state index contributed by atoms with van der Waals surface area (Å²) in [6.45, 7) is 7.59. The molecule has 0 saturated carbocycles. The van der Waals surface area contributed by atoms with E-state index in [9.17, 15) is 9.59 Å². The van der Waals surface area contributed by atoms with E-state index >= 15 is 0 Å². The molecule has 16 heavy (non-hydrogen) atoms. The lowest BCUT2D eigenvalue weighted by atomic mass is 10.0. The third-order valence-corrected chi connectivity index (χ3v) is 2.93. The molecule has 2 aliphatic heterocycles. The number of likely N-dealkylation sites (tertiary alicyclic amines) is 1. The Morgan fingerprint density at radius 1 is 1.56 bits per heavy atom. The van der Waals surface area contributed by atoms with E-state index < -0.39 is 17.2 Å². The van der Waals surface area contributed by atoms with Crippen molar-refractivity contribution in [2.75, 3.05) is 6.54 Å². The van der Waals surface area contributed by atoms with Crippen LogP contribution < -0.4 is 0 Å². The van der Waals surface area contributed by atoms with Gasteiger partial charge in [-0.25, -0.2) is 9.59 Å². The van der Waals surface area contributed by atoms with Crippen LogP contribution in [0.4, 0.5) is 4.79 Å². The zero-order valence-electron chi connectivity index (χ0n) is 10.1. The molecule has 2 bridgehead atoms. The molecule has 0 N–H and O–H groups in total.